The highest BCUT2D eigenvalue weighted by molar-refractivity contribution is 4.90. The number of nitrogens with two attached hydrogens (primary N) is 1. The Hall–Kier alpha value is -0.160. The van der Waals surface area contributed by atoms with Crippen LogP contribution in [0.5, 0.6) is 0 Å². The third kappa shape index (κ3) is 3.91. The molecule has 0 aliphatic carbocycles. The molecule has 2 saturated heterocycles. The van der Waals surface area contributed by atoms with Crippen LogP contribution in [0, 0.1) is 0 Å². The summed E-state index contributed by atoms with van der Waals surface area (Å²) >= 11 is 0. The van der Waals surface area contributed by atoms with Gasteiger partial charge in [0, 0.05) is 31.8 Å². The minimum Gasteiger partial charge on any atom is -0.381 e. The van der Waals surface area contributed by atoms with Gasteiger partial charge in [-0.25, -0.2) is 0 Å². The van der Waals surface area contributed by atoms with E-state index in [4.69, 9.17) is 19.9 Å². The molecule has 17 heavy (non-hydrogen) atoms. The smallest absolute Gasteiger partial charge is 0.0751 e. The van der Waals surface area contributed by atoms with Gasteiger partial charge in [-0.3, -0.25) is 0 Å². The van der Waals surface area contributed by atoms with Crippen LogP contribution in [-0.2, 0) is 14.2 Å². The molecule has 0 saturated carbocycles. The Bertz CT molecular complexity index is 238. The summed E-state index contributed by atoms with van der Waals surface area (Å²) in [5.74, 6) is 0. The Morgan fingerprint density at radius 2 is 2.00 bits per heavy atom. The van der Waals surface area contributed by atoms with E-state index in [1.807, 2.05) is 13.8 Å². The summed E-state index contributed by atoms with van der Waals surface area (Å²) in [5, 5.41) is 0. The maximum absolute atomic E-state index is 5.98. The third-order valence-electron chi connectivity index (χ3n) is 3.54. The molecule has 0 radical (unpaired) electrons. The summed E-state index contributed by atoms with van der Waals surface area (Å²) in [6.07, 6.45) is 4.27. The van der Waals surface area contributed by atoms with Crippen LogP contribution in [0.4, 0.5) is 0 Å². The van der Waals surface area contributed by atoms with E-state index in [-0.39, 0.29) is 11.1 Å². The quantitative estimate of drug-likeness (QED) is 0.815. The van der Waals surface area contributed by atoms with E-state index in [1.165, 1.54) is 0 Å². The highest BCUT2D eigenvalue weighted by atomic mass is 16.5. The van der Waals surface area contributed by atoms with Gasteiger partial charge in [0.2, 0.25) is 0 Å². The largest absolute Gasteiger partial charge is 0.381 e. The summed E-state index contributed by atoms with van der Waals surface area (Å²) in [7, 11) is 0. The topological polar surface area (TPSA) is 53.7 Å². The molecule has 1 atom stereocenters. The minimum absolute atomic E-state index is 0.0138. The molecule has 0 bridgehead atoms. The van der Waals surface area contributed by atoms with E-state index >= 15 is 0 Å². The Kier molecular flexibility index (Phi) is 4.08. The molecule has 2 aliphatic rings. The van der Waals surface area contributed by atoms with Crippen LogP contribution in [0.15, 0.2) is 0 Å². The molecule has 4 nitrogen and oxygen atoms in total. The molecular formula is C13H25NO3. The summed E-state index contributed by atoms with van der Waals surface area (Å²) in [6.45, 7) is 7.04. The van der Waals surface area contributed by atoms with Gasteiger partial charge in [0.05, 0.1) is 18.3 Å². The fraction of sp³-hybridized carbons (Fsp3) is 1.00. The van der Waals surface area contributed by atoms with Gasteiger partial charge in [0.25, 0.3) is 0 Å². The Balaban J connectivity index is 1.84. The lowest BCUT2D eigenvalue weighted by Crippen LogP contribution is -2.48. The van der Waals surface area contributed by atoms with Crippen molar-refractivity contribution >= 4 is 0 Å². The first-order valence-corrected chi connectivity index (χ1v) is 6.61. The zero-order chi connectivity index (χ0) is 12.4. The molecule has 0 amide bonds. The molecule has 100 valence electrons. The molecule has 2 rings (SSSR count). The van der Waals surface area contributed by atoms with Crippen LogP contribution in [-0.4, -0.2) is 43.7 Å². The fourth-order valence-electron chi connectivity index (χ4n) is 2.55. The molecule has 1 unspecified atom stereocenters. The molecule has 0 aromatic carbocycles. The van der Waals surface area contributed by atoms with Crippen LogP contribution >= 0.6 is 0 Å². The van der Waals surface area contributed by atoms with Crippen molar-refractivity contribution in [1.29, 1.82) is 0 Å². The first-order valence-electron chi connectivity index (χ1n) is 6.61. The van der Waals surface area contributed by atoms with E-state index in [9.17, 15) is 0 Å². The SMILES string of the molecule is CC(C)(N)COC1CCOC2(CCOCC2)C1. The average molecular weight is 243 g/mol. The van der Waals surface area contributed by atoms with Gasteiger partial charge >= 0.3 is 0 Å². The highest BCUT2D eigenvalue weighted by Crippen LogP contribution is 2.35. The number of hydrogen-bond donors (Lipinski definition) is 1. The Morgan fingerprint density at radius 1 is 1.29 bits per heavy atom. The van der Waals surface area contributed by atoms with E-state index < -0.39 is 0 Å². The lowest BCUT2D eigenvalue weighted by atomic mass is 9.85. The lowest BCUT2D eigenvalue weighted by molar-refractivity contribution is -0.171. The van der Waals surface area contributed by atoms with E-state index in [0.29, 0.717) is 12.7 Å². The molecule has 2 fully saturated rings. The second-order valence-corrected chi connectivity index (χ2v) is 6.06. The van der Waals surface area contributed by atoms with Crippen LogP contribution in [0.3, 0.4) is 0 Å². The molecule has 0 aromatic rings. The minimum atomic E-state index is -0.249. The lowest BCUT2D eigenvalue weighted by Gasteiger charge is -2.43. The molecule has 0 aromatic heterocycles. The van der Waals surface area contributed by atoms with Crippen molar-refractivity contribution in [2.24, 2.45) is 5.73 Å². The van der Waals surface area contributed by atoms with Crippen LogP contribution in [0.25, 0.3) is 0 Å². The number of ether oxygens (including phenoxy) is 3. The second-order valence-electron chi connectivity index (χ2n) is 6.06. The second kappa shape index (κ2) is 5.22. The maximum atomic E-state index is 5.98. The van der Waals surface area contributed by atoms with Crippen molar-refractivity contribution in [1.82, 2.24) is 0 Å². The zero-order valence-corrected chi connectivity index (χ0v) is 11.0. The third-order valence-corrected chi connectivity index (χ3v) is 3.54. The molecule has 2 N–H and O–H groups in total. The molecule has 2 heterocycles. The van der Waals surface area contributed by atoms with Crippen molar-refractivity contribution in [2.75, 3.05) is 26.4 Å². The number of hydrogen-bond acceptors (Lipinski definition) is 4. The summed E-state index contributed by atoms with van der Waals surface area (Å²) in [6, 6.07) is 0. The van der Waals surface area contributed by atoms with Crippen LogP contribution in [0.1, 0.15) is 39.5 Å². The zero-order valence-electron chi connectivity index (χ0n) is 11.0. The van der Waals surface area contributed by atoms with Crippen molar-refractivity contribution in [3.8, 4) is 0 Å². The van der Waals surface area contributed by atoms with Crippen molar-refractivity contribution in [2.45, 2.75) is 56.8 Å². The van der Waals surface area contributed by atoms with E-state index in [2.05, 4.69) is 0 Å². The van der Waals surface area contributed by atoms with Gasteiger partial charge in [-0.1, -0.05) is 0 Å². The van der Waals surface area contributed by atoms with Gasteiger partial charge in [0.1, 0.15) is 0 Å². The van der Waals surface area contributed by atoms with Gasteiger partial charge < -0.3 is 19.9 Å². The Morgan fingerprint density at radius 3 is 2.65 bits per heavy atom. The van der Waals surface area contributed by atoms with Crippen molar-refractivity contribution in [3.05, 3.63) is 0 Å². The van der Waals surface area contributed by atoms with Crippen LogP contribution in [0.2, 0.25) is 0 Å². The van der Waals surface area contributed by atoms with Gasteiger partial charge in [0.15, 0.2) is 0 Å². The van der Waals surface area contributed by atoms with Crippen LogP contribution < -0.4 is 5.73 Å². The van der Waals surface area contributed by atoms with E-state index in [1.54, 1.807) is 0 Å². The predicted molar refractivity (Wildman–Crippen MR) is 66.0 cm³/mol. The fourth-order valence-corrected chi connectivity index (χ4v) is 2.55. The summed E-state index contributed by atoms with van der Waals surface area (Å²) in [4.78, 5) is 0. The highest BCUT2D eigenvalue weighted by Gasteiger charge is 2.39. The summed E-state index contributed by atoms with van der Waals surface area (Å²) < 4.78 is 17.3. The molecule has 4 heteroatoms. The predicted octanol–water partition coefficient (Wildman–Crippen LogP) is 1.47. The van der Waals surface area contributed by atoms with E-state index in [0.717, 1.165) is 45.5 Å². The first kappa shape index (κ1) is 13.3. The van der Waals surface area contributed by atoms with Gasteiger partial charge in [-0.2, -0.15) is 0 Å². The normalized spacial score (nSPS) is 29.5. The van der Waals surface area contributed by atoms with Crippen molar-refractivity contribution in [3.63, 3.8) is 0 Å². The molecule has 1 spiro atoms. The maximum Gasteiger partial charge on any atom is 0.0751 e. The first-order chi connectivity index (χ1) is 7.99. The van der Waals surface area contributed by atoms with Gasteiger partial charge in [-0.05, 0) is 33.1 Å². The van der Waals surface area contributed by atoms with Gasteiger partial charge in [-0.15, -0.1) is 0 Å². The average Bonchev–Trinajstić information content (AvgIpc) is 2.27. The standard InChI is InChI=1S/C13H25NO3/c1-12(2,14)10-16-11-3-6-17-13(9-11)4-7-15-8-5-13/h11H,3-10,14H2,1-2H3. The summed E-state index contributed by atoms with van der Waals surface area (Å²) in [5.41, 5.74) is 5.71. The Labute approximate surface area is 104 Å². The van der Waals surface area contributed by atoms with Crippen molar-refractivity contribution < 1.29 is 14.2 Å². The molecular weight excluding hydrogens is 218 g/mol. The monoisotopic (exact) mass is 243 g/mol. The molecule has 2 aliphatic heterocycles. The number of rotatable bonds is 3.